The van der Waals surface area contributed by atoms with E-state index in [0.29, 0.717) is 6.42 Å². The highest BCUT2D eigenvalue weighted by molar-refractivity contribution is 5.08. The summed E-state index contributed by atoms with van der Waals surface area (Å²) in [7, 11) is 0. The number of hydrogen-bond donors (Lipinski definition) is 0. The molecule has 1 atom stereocenters. The van der Waals surface area contributed by atoms with Crippen LogP contribution in [-0.4, -0.2) is 29.9 Å². The van der Waals surface area contributed by atoms with Gasteiger partial charge in [0, 0.05) is 0 Å². The average molecular weight is 494 g/mol. The normalized spacial score (nSPS) is 15.8. The van der Waals surface area contributed by atoms with Gasteiger partial charge in [0.05, 0.1) is 0 Å². The first kappa shape index (κ1) is 31.2. The molecule has 0 radical (unpaired) electrons. The lowest BCUT2D eigenvalue weighted by atomic mass is 9.86. The lowest BCUT2D eigenvalue weighted by Gasteiger charge is -2.39. The van der Waals surface area contributed by atoms with Crippen molar-refractivity contribution in [3.63, 3.8) is 0 Å². The van der Waals surface area contributed by atoms with E-state index in [1.807, 2.05) is 0 Å². The second kappa shape index (κ2) is 13.2. The van der Waals surface area contributed by atoms with Crippen LogP contribution in [0.5, 0.6) is 0 Å². The molecule has 0 aliphatic carbocycles. The molecule has 0 amide bonds. The maximum atomic E-state index is 14.1. The second-order valence-corrected chi connectivity index (χ2v) is 8.29. The predicted molar refractivity (Wildman–Crippen MR) is 101 cm³/mol. The van der Waals surface area contributed by atoms with Gasteiger partial charge >= 0.3 is 24.2 Å². The summed E-state index contributed by atoms with van der Waals surface area (Å²) in [4.78, 5) is 0. The molecule has 0 saturated carbocycles. The smallest absolute Gasteiger partial charge is 0.227 e. The van der Waals surface area contributed by atoms with E-state index >= 15 is 0 Å². The third-order valence-electron chi connectivity index (χ3n) is 5.57. The van der Waals surface area contributed by atoms with Crippen LogP contribution in [0, 0.1) is 0 Å². The molecule has 0 saturated heterocycles. The number of hydrogen-bond acceptors (Lipinski definition) is 0. The Balaban J connectivity index is 4.39. The summed E-state index contributed by atoms with van der Waals surface area (Å²) in [6.45, 7) is 2.13. The Labute approximate surface area is 182 Å². The zero-order chi connectivity index (χ0) is 25.1. The molecule has 0 aromatic heterocycles. The van der Waals surface area contributed by atoms with Crippen molar-refractivity contribution in [2.45, 2.75) is 133 Å². The van der Waals surface area contributed by atoms with Gasteiger partial charge in [-0.15, -0.1) is 0 Å². The van der Waals surface area contributed by atoms with E-state index in [2.05, 4.69) is 6.92 Å². The Morgan fingerprint density at radius 3 is 0.969 bits per heavy atom. The molecule has 0 rings (SSSR count). The molecule has 0 spiro atoms. The molecular weight excluding hydrogens is 461 g/mol. The van der Waals surface area contributed by atoms with Gasteiger partial charge in [-0.1, -0.05) is 90.4 Å². The van der Waals surface area contributed by atoms with Gasteiger partial charge in [0.1, 0.15) is 0 Å². The minimum absolute atomic E-state index is 0.188. The standard InChI is InChI=1S/C21H33F11/c1-2-3-4-5-6-7-8-9-10-11-12-13-14-15-16-17(22,20(27,28)29)18(23,24)19(25,26)21(30,31)32/h2-16H2,1H3. The Morgan fingerprint density at radius 1 is 0.375 bits per heavy atom. The highest BCUT2D eigenvalue weighted by Gasteiger charge is 2.85. The highest BCUT2D eigenvalue weighted by Crippen LogP contribution is 2.58. The van der Waals surface area contributed by atoms with Crippen molar-refractivity contribution in [2.24, 2.45) is 0 Å². The van der Waals surface area contributed by atoms with Crippen molar-refractivity contribution in [3.8, 4) is 0 Å². The Morgan fingerprint density at radius 2 is 0.688 bits per heavy atom. The molecule has 0 nitrogen and oxygen atoms in total. The van der Waals surface area contributed by atoms with Crippen LogP contribution in [0.3, 0.4) is 0 Å². The van der Waals surface area contributed by atoms with Crippen molar-refractivity contribution in [1.29, 1.82) is 0 Å². The topological polar surface area (TPSA) is 0 Å². The van der Waals surface area contributed by atoms with Crippen molar-refractivity contribution in [3.05, 3.63) is 0 Å². The van der Waals surface area contributed by atoms with E-state index in [-0.39, 0.29) is 12.8 Å². The molecule has 0 aromatic carbocycles. The van der Waals surface area contributed by atoms with Crippen LogP contribution in [0.4, 0.5) is 48.3 Å². The molecule has 0 bridgehead atoms. The van der Waals surface area contributed by atoms with Crippen LogP contribution in [0.1, 0.15) is 103 Å². The molecule has 0 aliphatic heterocycles. The summed E-state index contributed by atoms with van der Waals surface area (Å²) in [5, 5.41) is 0. The molecule has 11 heteroatoms. The highest BCUT2D eigenvalue weighted by atomic mass is 19.4. The van der Waals surface area contributed by atoms with E-state index in [9.17, 15) is 48.3 Å². The summed E-state index contributed by atoms with van der Waals surface area (Å²) >= 11 is 0. The second-order valence-electron chi connectivity index (χ2n) is 8.29. The Kier molecular flexibility index (Phi) is 12.9. The molecule has 194 valence electrons. The van der Waals surface area contributed by atoms with Gasteiger partial charge in [0.2, 0.25) is 0 Å². The van der Waals surface area contributed by atoms with Gasteiger partial charge in [-0.25, -0.2) is 4.39 Å². The first-order chi connectivity index (χ1) is 14.6. The zero-order valence-corrected chi connectivity index (χ0v) is 18.3. The minimum atomic E-state index is -7.17. The van der Waals surface area contributed by atoms with Crippen LogP contribution < -0.4 is 0 Å². The van der Waals surface area contributed by atoms with Crippen LogP contribution in [-0.2, 0) is 0 Å². The van der Waals surface area contributed by atoms with Gasteiger partial charge in [-0.3, -0.25) is 0 Å². The van der Waals surface area contributed by atoms with E-state index in [0.717, 1.165) is 38.5 Å². The SMILES string of the molecule is CCCCCCCCCCCCCCCCC(F)(C(F)(F)F)C(F)(F)C(F)(F)C(F)(F)F. The molecule has 0 aromatic rings. The largest absolute Gasteiger partial charge is 0.460 e. The van der Waals surface area contributed by atoms with Gasteiger partial charge in [-0.05, 0) is 12.8 Å². The van der Waals surface area contributed by atoms with E-state index in [1.165, 1.54) is 25.7 Å². The molecule has 0 fully saturated rings. The quantitative estimate of drug-likeness (QED) is 0.139. The van der Waals surface area contributed by atoms with E-state index in [4.69, 9.17) is 0 Å². The lowest BCUT2D eigenvalue weighted by molar-refractivity contribution is -0.412. The first-order valence-corrected chi connectivity index (χ1v) is 11.1. The zero-order valence-electron chi connectivity index (χ0n) is 18.3. The van der Waals surface area contributed by atoms with Crippen molar-refractivity contribution < 1.29 is 48.3 Å². The summed E-state index contributed by atoms with van der Waals surface area (Å²) in [5.74, 6) is -14.2. The minimum Gasteiger partial charge on any atom is -0.227 e. The van der Waals surface area contributed by atoms with Crippen LogP contribution in [0.15, 0.2) is 0 Å². The van der Waals surface area contributed by atoms with Crippen molar-refractivity contribution in [2.75, 3.05) is 0 Å². The molecule has 0 aliphatic rings. The third kappa shape index (κ3) is 8.54. The molecule has 32 heavy (non-hydrogen) atoms. The predicted octanol–water partition coefficient (Wildman–Crippen LogP) is 9.96. The number of rotatable bonds is 17. The van der Waals surface area contributed by atoms with Crippen molar-refractivity contribution >= 4 is 0 Å². The van der Waals surface area contributed by atoms with E-state index < -0.39 is 42.7 Å². The van der Waals surface area contributed by atoms with Crippen LogP contribution >= 0.6 is 0 Å². The Bertz CT molecular complexity index is 497. The molecule has 0 N–H and O–H groups in total. The fourth-order valence-corrected chi connectivity index (χ4v) is 3.47. The van der Waals surface area contributed by atoms with Gasteiger partial charge in [0.15, 0.2) is 0 Å². The maximum absolute atomic E-state index is 14.1. The number of unbranched alkanes of at least 4 members (excludes halogenated alkanes) is 13. The third-order valence-corrected chi connectivity index (χ3v) is 5.57. The summed E-state index contributed by atoms with van der Waals surface area (Å²) in [5.41, 5.74) is -5.99. The maximum Gasteiger partial charge on any atom is 0.460 e. The van der Waals surface area contributed by atoms with Crippen LogP contribution in [0.2, 0.25) is 0 Å². The Hall–Kier alpha value is -0.770. The summed E-state index contributed by atoms with van der Waals surface area (Å²) in [6.07, 6.45) is -5.46. The summed E-state index contributed by atoms with van der Waals surface area (Å²) in [6, 6.07) is 0. The van der Waals surface area contributed by atoms with Gasteiger partial charge in [-0.2, -0.15) is 43.9 Å². The monoisotopic (exact) mass is 494 g/mol. The molecule has 0 heterocycles. The molecular formula is C21H33F11. The van der Waals surface area contributed by atoms with Gasteiger partial charge < -0.3 is 0 Å². The number of alkyl halides is 11. The fraction of sp³-hybridized carbons (Fsp3) is 1.00. The number of halogens is 11. The molecule has 1 unspecified atom stereocenters. The first-order valence-electron chi connectivity index (χ1n) is 11.1. The summed E-state index contributed by atoms with van der Waals surface area (Å²) < 4.78 is 142. The fourth-order valence-electron chi connectivity index (χ4n) is 3.47. The average Bonchev–Trinajstić information content (AvgIpc) is 2.66. The van der Waals surface area contributed by atoms with Crippen molar-refractivity contribution in [1.82, 2.24) is 0 Å². The van der Waals surface area contributed by atoms with Crippen LogP contribution in [0.25, 0.3) is 0 Å². The van der Waals surface area contributed by atoms with Gasteiger partial charge in [0.25, 0.3) is 5.67 Å². The lowest BCUT2D eigenvalue weighted by Crippen LogP contribution is -2.67. The van der Waals surface area contributed by atoms with E-state index in [1.54, 1.807) is 0 Å².